The summed E-state index contributed by atoms with van der Waals surface area (Å²) < 4.78 is 23.4. The molecule has 6 nitrogen and oxygen atoms in total. The molecule has 0 amide bonds. The third kappa shape index (κ3) is 3.43. The van der Waals surface area contributed by atoms with Crippen molar-refractivity contribution in [1.29, 1.82) is 0 Å². The lowest BCUT2D eigenvalue weighted by molar-refractivity contribution is -0.386. The van der Waals surface area contributed by atoms with Crippen molar-refractivity contribution in [3.05, 3.63) is 58.1 Å². The fourth-order valence-electron chi connectivity index (χ4n) is 2.09. The van der Waals surface area contributed by atoms with Crippen molar-refractivity contribution in [3.8, 4) is 0 Å². The number of nitrogens with zero attached hydrogens (tertiary/aromatic N) is 1. The van der Waals surface area contributed by atoms with Crippen molar-refractivity contribution in [2.75, 3.05) is 11.6 Å². The summed E-state index contributed by atoms with van der Waals surface area (Å²) in [5.74, 6) is 0. The van der Waals surface area contributed by atoms with Gasteiger partial charge in [-0.2, -0.15) is 0 Å². The Hall–Kier alpha value is -2.41. The molecular formula is C15H16N2O4S. The van der Waals surface area contributed by atoms with Crippen LogP contribution in [0.1, 0.15) is 12.5 Å². The minimum atomic E-state index is -3.69. The van der Waals surface area contributed by atoms with Gasteiger partial charge in [-0.05, 0) is 36.2 Å². The van der Waals surface area contributed by atoms with E-state index in [2.05, 4.69) is 5.32 Å². The Labute approximate surface area is 128 Å². The lowest BCUT2D eigenvalue weighted by atomic mass is 10.1. The van der Waals surface area contributed by atoms with Gasteiger partial charge in [-0.25, -0.2) is 8.42 Å². The molecule has 2 rings (SSSR count). The maximum Gasteiger partial charge on any atom is 0.311 e. The summed E-state index contributed by atoms with van der Waals surface area (Å²) in [6.45, 7) is 2.03. The van der Waals surface area contributed by atoms with Crippen LogP contribution in [0.2, 0.25) is 0 Å². The molecule has 1 N–H and O–H groups in total. The number of nitro benzene ring substituents is 1. The fourth-order valence-corrected chi connectivity index (χ4v) is 2.95. The van der Waals surface area contributed by atoms with Crippen LogP contribution in [-0.2, 0) is 16.3 Å². The molecule has 0 atom stereocenters. The second-order valence-corrected chi connectivity index (χ2v) is 6.84. The molecule has 22 heavy (non-hydrogen) atoms. The second kappa shape index (κ2) is 6.15. The largest absolute Gasteiger partial charge is 0.350 e. The summed E-state index contributed by atoms with van der Waals surface area (Å²) in [5, 5.41) is 14.2. The summed E-state index contributed by atoms with van der Waals surface area (Å²) in [6.07, 6.45) is 1.85. The molecule has 0 aliphatic heterocycles. The molecule has 0 saturated heterocycles. The number of benzene rings is 2. The van der Waals surface area contributed by atoms with E-state index in [9.17, 15) is 18.5 Å². The van der Waals surface area contributed by atoms with Crippen LogP contribution in [0.15, 0.2) is 47.4 Å². The second-order valence-electron chi connectivity index (χ2n) is 4.86. The molecule has 0 spiro atoms. The van der Waals surface area contributed by atoms with Crippen molar-refractivity contribution < 1.29 is 13.3 Å². The molecule has 0 unspecified atom stereocenters. The van der Waals surface area contributed by atoms with Gasteiger partial charge in [-0.3, -0.25) is 10.1 Å². The summed E-state index contributed by atoms with van der Waals surface area (Å²) in [4.78, 5) is 10.3. The number of hydrogen-bond donors (Lipinski definition) is 1. The number of nitro groups is 1. The quantitative estimate of drug-likeness (QED) is 0.674. The van der Waals surface area contributed by atoms with Crippen LogP contribution >= 0.6 is 0 Å². The molecular weight excluding hydrogens is 304 g/mol. The minimum Gasteiger partial charge on any atom is -0.350 e. The molecule has 7 heteroatoms. The molecule has 116 valence electrons. The molecule has 0 aliphatic carbocycles. The van der Waals surface area contributed by atoms with E-state index >= 15 is 0 Å². The molecule has 0 heterocycles. The highest BCUT2D eigenvalue weighted by Gasteiger charge is 2.26. The summed E-state index contributed by atoms with van der Waals surface area (Å²) >= 11 is 0. The average Bonchev–Trinajstić information content (AvgIpc) is 2.46. The lowest BCUT2D eigenvalue weighted by Crippen LogP contribution is -2.05. The smallest absolute Gasteiger partial charge is 0.311 e. The van der Waals surface area contributed by atoms with Gasteiger partial charge in [0.1, 0.15) is 10.6 Å². The van der Waals surface area contributed by atoms with Crippen molar-refractivity contribution in [1.82, 2.24) is 0 Å². The van der Waals surface area contributed by atoms with E-state index in [1.807, 2.05) is 19.1 Å². The predicted octanol–water partition coefficient (Wildman–Crippen LogP) is 3.30. The van der Waals surface area contributed by atoms with Crippen LogP contribution in [0, 0.1) is 10.1 Å². The SMILES string of the molecule is CCc1ccc(Nc2cccc(S(C)(=O)=O)c2[N+](=O)[O-])cc1. The normalized spacial score (nSPS) is 11.2. The van der Waals surface area contributed by atoms with Gasteiger partial charge in [0.25, 0.3) is 0 Å². The third-order valence-corrected chi connectivity index (χ3v) is 4.35. The van der Waals surface area contributed by atoms with Gasteiger partial charge in [0.05, 0.1) is 4.92 Å². The predicted molar refractivity (Wildman–Crippen MR) is 85.3 cm³/mol. The highest BCUT2D eigenvalue weighted by Crippen LogP contribution is 2.33. The van der Waals surface area contributed by atoms with Crippen molar-refractivity contribution >= 4 is 26.9 Å². The first-order chi connectivity index (χ1) is 10.3. The Morgan fingerprint density at radius 1 is 1.14 bits per heavy atom. The van der Waals surface area contributed by atoms with Gasteiger partial charge in [0, 0.05) is 11.9 Å². The first-order valence-electron chi connectivity index (χ1n) is 6.66. The number of rotatable bonds is 5. The van der Waals surface area contributed by atoms with E-state index in [-0.39, 0.29) is 10.6 Å². The Bertz CT molecular complexity index is 799. The lowest BCUT2D eigenvalue weighted by Gasteiger charge is -2.10. The van der Waals surface area contributed by atoms with Gasteiger partial charge >= 0.3 is 5.69 Å². The molecule has 0 aromatic heterocycles. The molecule has 0 bridgehead atoms. The first-order valence-corrected chi connectivity index (χ1v) is 8.55. The number of hydrogen-bond acceptors (Lipinski definition) is 5. The average molecular weight is 320 g/mol. The molecule has 0 aliphatic rings. The summed E-state index contributed by atoms with van der Waals surface area (Å²) in [7, 11) is -3.69. The van der Waals surface area contributed by atoms with Crippen molar-refractivity contribution in [2.45, 2.75) is 18.2 Å². The van der Waals surface area contributed by atoms with Crippen molar-refractivity contribution in [2.24, 2.45) is 0 Å². The zero-order chi connectivity index (χ0) is 16.3. The summed E-state index contributed by atoms with van der Waals surface area (Å²) in [5.41, 5.74) is 1.51. The van der Waals surface area contributed by atoms with Gasteiger partial charge in [-0.15, -0.1) is 0 Å². The maximum absolute atomic E-state index is 11.7. The molecule has 0 saturated carbocycles. The van der Waals surface area contributed by atoms with Crippen LogP contribution in [0.3, 0.4) is 0 Å². The zero-order valence-corrected chi connectivity index (χ0v) is 13.1. The van der Waals surface area contributed by atoms with Gasteiger partial charge in [0.2, 0.25) is 0 Å². The topological polar surface area (TPSA) is 89.3 Å². The monoisotopic (exact) mass is 320 g/mol. The van der Waals surface area contributed by atoms with Crippen LogP contribution in [-0.4, -0.2) is 19.6 Å². The van der Waals surface area contributed by atoms with E-state index in [0.717, 1.165) is 18.2 Å². The number of aryl methyl sites for hydroxylation is 1. The van der Waals surface area contributed by atoms with Gasteiger partial charge in [-0.1, -0.05) is 25.1 Å². The highest BCUT2D eigenvalue weighted by atomic mass is 32.2. The Morgan fingerprint density at radius 2 is 1.77 bits per heavy atom. The minimum absolute atomic E-state index is 0.150. The van der Waals surface area contributed by atoms with Crippen LogP contribution in [0.4, 0.5) is 17.1 Å². The van der Waals surface area contributed by atoms with E-state index in [4.69, 9.17) is 0 Å². The third-order valence-electron chi connectivity index (χ3n) is 3.22. The maximum atomic E-state index is 11.7. The Morgan fingerprint density at radius 3 is 2.27 bits per heavy atom. The highest BCUT2D eigenvalue weighted by molar-refractivity contribution is 7.90. The van der Waals surface area contributed by atoms with E-state index in [1.54, 1.807) is 12.1 Å². The van der Waals surface area contributed by atoms with Crippen LogP contribution in [0.25, 0.3) is 0 Å². The number of anilines is 2. The number of para-hydroxylation sites is 1. The first kappa shape index (κ1) is 16.0. The van der Waals surface area contributed by atoms with E-state index in [0.29, 0.717) is 5.69 Å². The summed E-state index contributed by atoms with van der Waals surface area (Å²) in [6, 6.07) is 11.6. The van der Waals surface area contributed by atoms with Crippen molar-refractivity contribution in [3.63, 3.8) is 0 Å². The molecule has 2 aromatic rings. The fraction of sp³-hybridized carbons (Fsp3) is 0.200. The van der Waals surface area contributed by atoms with Gasteiger partial charge in [0.15, 0.2) is 9.84 Å². The number of nitrogens with one attached hydrogen (secondary N) is 1. The molecule has 0 radical (unpaired) electrons. The zero-order valence-electron chi connectivity index (χ0n) is 12.2. The Kier molecular flexibility index (Phi) is 4.46. The molecule has 2 aromatic carbocycles. The standard InChI is InChI=1S/C15H16N2O4S/c1-3-11-7-9-12(10-8-11)16-13-5-4-6-14(22(2,20)21)15(13)17(18)19/h4-10,16H,3H2,1-2H3. The van der Waals surface area contributed by atoms with Crippen LogP contribution in [0.5, 0.6) is 0 Å². The van der Waals surface area contributed by atoms with E-state index < -0.39 is 20.4 Å². The van der Waals surface area contributed by atoms with Gasteiger partial charge < -0.3 is 5.32 Å². The Balaban J connectivity index is 2.48. The number of sulfone groups is 1. The van der Waals surface area contributed by atoms with E-state index in [1.165, 1.54) is 18.2 Å². The van der Waals surface area contributed by atoms with Crippen LogP contribution < -0.4 is 5.32 Å². The molecule has 0 fully saturated rings.